The molecule has 3 aromatic carbocycles. The number of fused-ring (bicyclic) bond motifs is 3. The van der Waals surface area contributed by atoms with Gasteiger partial charge in [0.25, 0.3) is 0 Å². The zero-order valence-electron chi connectivity index (χ0n) is 23.3. The quantitative estimate of drug-likeness (QED) is 0.311. The van der Waals surface area contributed by atoms with Gasteiger partial charge in [-0.2, -0.15) is 0 Å². The van der Waals surface area contributed by atoms with Crippen molar-refractivity contribution < 1.29 is 5.11 Å². The van der Waals surface area contributed by atoms with Crippen LogP contribution in [0.4, 0.5) is 0 Å². The summed E-state index contributed by atoms with van der Waals surface area (Å²) in [6.45, 7) is 17.1. The first-order valence-corrected chi connectivity index (χ1v) is 13.8. The fourth-order valence-corrected chi connectivity index (χ4v) is 6.64. The summed E-state index contributed by atoms with van der Waals surface area (Å²) in [5.74, 6) is 0. The molecule has 0 saturated heterocycles. The summed E-state index contributed by atoms with van der Waals surface area (Å²) < 4.78 is 2.45. The van der Waals surface area contributed by atoms with Crippen LogP contribution in [0.3, 0.4) is 0 Å². The summed E-state index contributed by atoms with van der Waals surface area (Å²) in [5, 5.41) is 13.7. The molecule has 190 valence electrons. The van der Waals surface area contributed by atoms with Gasteiger partial charge in [-0.1, -0.05) is 90.1 Å². The summed E-state index contributed by atoms with van der Waals surface area (Å²) in [7, 11) is 0. The zero-order chi connectivity index (χ0) is 25.9. The van der Waals surface area contributed by atoms with Crippen LogP contribution < -0.4 is 0 Å². The van der Waals surface area contributed by atoms with Crippen LogP contribution in [0.5, 0.6) is 0 Å². The highest BCUT2D eigenvalue weighted by Gasteiger charge is 2.42. The topological polar surface area (TPSA) is 25.2 Å². The predicted octanol–water partition coefficient (Wildman–Crippen LogP) is 8.63. The minimum absolute atomic E-state index is 0.00834. The van der Waals surface area contributed by atoms with Crippen molar-refractivity contribution in [1.29, 1.82) is 0 Å². The van der Waals surface area contributed by atoms with Crippen LogP contribution >= 0.6 is 0 Å². The Morgan fingerprint density at radius 1 is 0.861 bits per heavy atom. The van der Waals surface area contributed by atoms with Gasteiger partial charge in [-0.15, -0.1) is 0 Å². The van der Waals surface area contributed by atoms with E-state index >= 15 is 0 Å². The van der Waals surface area contributed by atoms with E-state index in [9.17, 15) is 5.11 Å². The van der Waals surface area contributed by atoms with Gasteiger partial charge < -0.3 is 9.67 Å². The number of hydrogen-bond donors (Lipinski definition) is 1. The smallest absolute Gasteiger partial charge is 0.0552 e. The lowest BCUT2D eigenvalue weighted by molar-refractivity contribution is 0.0971. The van der Waals surface area contributed by atoms with Crippen molar-refractivity contribution in [2.45, 2.75) is 103 Å². The fourth-order valence-electron chi connectivity index (χ4n) is 6.64. The van der Waals surface area contributed by atoms with E-state index in [4.69, 9.17) is 0 Å². The van der Waals surface area contributed by atoms with E-state index in [0.717, 1.165) is 32.2 Å². The average molecular weight is 482 g/mol. The van der Waals surface area contributed by atoms with E-state index in [1.54, 1.807) is 0 Å². The van der Waals surface area contributed by atoms with E-state index in [0.29, 0.717) is 0 Å². The van der Waals surface area contributed by atoms with Gasteiger partial charge in [-0.3, -0.25) is 0 Å². The van der Waals surface area contributed by atoms with Gasteiger partial charge in [0.1, 0.15) is 0 Å². The largest absolute Gasteiger partial charge is 0.393 e. The first kappa shape index (κ1) is 25.1. The van der Waals surface area contributed by atoms with Gasteiger partial charge in [-0.05, 0) is 77.8 Å². The first-order valence-electron chi connectivity index (χ1n) is 13.8. The SMILES string of the molecule is CCn1c2ccccc2c2ccc(C3(c4ccc(C(C)(C)C)cc4C(C)(C)C)CCCC(O)C3)cc21. The highest BCUT2D eigenvalue weighted by molar-refractivity contribution is 6.08. The molecule has 1 aliphatic carbocycles. The maximum absolute atomic E-state index is 11.1. The third kappa shape index (κ3) is 4.08. The lowest BCUT2D eigenvalue weighted by atomic mass is 9.61. The molecule has 1 aliphatic rings. The monoisotopic (exact) mass is 481 g/mol. The fraction of sp³-hybridized carbons (Fsp3) is 0.471. The number of nitrogens with zero attached hydrogens (tertiary/aromatic N) is 1. The maximum Gasteiger partial charge on any atom is 0.0552 e. The highest BCUT2D eigenvalue weighted by atomic mass is 16.3. The van der Waals surface area contributed by atoms with Crippen molar-refractivity contribution >= 4 is 21.8 Å². The maximum atomic E-state index is 11.1. The van der Waals surface area contributed by atoms with E-state index in [-0.39, 0.29) is 22.3 Å². The Hall–Kier alpha value is -2.58. The molecule has 0 spiro atoms. The number of aliphatic hydroxyl groups is 1. The van der Waals surface area contributed by atoms with Crippen molar-refractivity contribution in [3.05, 3.63) is 82.9 Å². The van der Waals surface area contributed by atoms with Crippen molar-refractivity contribution in [1.82, 2.24) is 4.57 Å². The Morgan fingerprint density at radius 2 is 1.58 bits per heavy atom. The number of rotatable bonds is 3. The number of para-hydroxylation sites is 1. The second-order valence-electron chi connectivity index (χ2n) is 13.1. The third-order valence-electron chi connectivity index (χ3n) is 8.58. The molecule has 1 heterocycles. The molecule has 0 radical (unpaired) electrons. The summed E-state index contributed by atoms with van der Waals surface area (Å²) in [5.41, 5.74) is 8.06. The molecule has 2 nitrogen and oxygen atoms in total. The average Bonchev–Trinajstić information content (AvgIpc) is 3.15. The molecule has 1 N–H and O–H groups in total. The number of aromatic nitrogens is 1. The lowest BCUT2D eigenvalue weighted by Gasteiger charge is -2.44. The molecule has 2 unspecified atom stereocenters. The molecule has 2 heteroatoms. The Morgan fingerprint density at radius 3 is 2.25 bits per heavy atom. The van der Waals surface area contributed by atoms with Crippen molar-refractivity contribution in [3.63, 3.8) is 0 Å². The molecule has 5 rings (SSSR count). The number of aryl methyl sites for hydroxylation is 1. The summed E-state index contributed by atoms with van der Waals surface area (Å²) in [6, 6.07) is 23.1. The number of hydrogen-bond acceptors (Lipinski definition) is 1. The zero-order valence-corrected chi connectivity index (χ0v) is 23.3. The molecule has 0 aliphatic heterocycles. The van der Waals surface area contributed by atoms with Crippen LogP contribution in [0.2, 0.25) is 0 Å². The van der Waals surface area contributed by atoms with Gasteiger partial charge >= 0.3 is 0 Å². The predicted molar refractivity (Wildman–Crippen MR) is 154 cm³/mol. The Kier molecular flexibility index (Phi) is 6.11. The molecule has 2 atom stereocenters. The number of benzene rings is 3. The van der Waals surface area contributed by atoms with Gasteiger partial charge in [-0.25, -0.2) is 0 Å². The van der Waals surface area contributed by atoms with Crippen LogP contribution in [0, 0.1) is 0 Å². The molecule has 4 aromatic rings. The molecule has 1 fully saturated rings. The molecule has 36 heavy (non-hydrogen) atoms. The van der Waals surface area contributed by atoms with E-state index in [1.807, 2.05) is 0 Å². The van der Waals surface area contributed by atoms with Gasteiger partial charge in [0.15, 0.2) is 0 Å². The molecule has 0 amide bonds. The highest BCUT2D eigenvalue weighted by Crippen LogP contribution is 2.49. The van der Waals surface area contributed by atoms with Crippen molar-refractivity contribution in [2.75, 3.05) is 0 Å². The summed E-state index contributed by atoms with van der Waals surface area (Å²) >= 11 is 0. The molecule has 0 bridgehead atoms. The van der Waals surface area contributed by atoms with Crippen molar-refractivity contribution in [2.24, 2.45) is 0 Å². The molecular formula is C34H43NO. The van der Waals surface area contributed by atoms with Gasteiger partial charge in [0, 0.05) is 33.8 Å². The van der Waals surface area contributed by atoms with Gasteiger partial charge in [0.2, 0.25) is 0 Å². The normalized spacial score (nSPS) is 21.4. The van der Waals surface area contributed by atoms with Crippen LogP contribution in [0.15, 0.2) is 60.7 Å². The Labute approximate surface area is 217 Å². The summed E-state index contributed by atoms with van der Waals surface area (Å²) in [6.07, 6.45) is 3.51. The van der Waals surface area contributed by atoms with Crippen LogP contribution in [-0.4, -0.2) is 15.8 Å². The lowest BCUT2D eigenvalue weighted by Crippen LogP contribution is -2.38. The Bertz CT molecular complexity index is 1410. The molecular weight excluding hydrogens is 438 g/mol. The Balaban J connectivity index is 1.80. The van der Waals surface area contributed by atoms with E-state index in [2.05, 4.69) is 114 Å². The number of aliphatic hydroxyl groups excluding tert-OH is 1. The summed E-state index contributed by atoms with van der Waals surface area (Å²) in [4.78, 5) is 0. The first-order chi connectivity index (χ1) is 17.0. The molecule has 1 saturated carbocycles. The van der Waals surface area contributed by atoms with Crippen LogP contribution in [0.25, 0.3) is 21.8 Å². The van der Waals surface area contributed by atoms with E-state index < -0.39 is 0 Å². The van der Waals surface area contributed by atoms with Crippen molar-refractivity contribution in [3.8, 4) is 0 Å². The minimum atomic E-state index is -0.276. The second kappa shape index (κ2) is 8.77. The van der Waals surface area contributed by atoms with E-state index in [1.165, 1.54) is 44.1 Å². The van der Waals surface area contributed by atoms with Crippen LogP contribution in [0.1, 0.15) is 96.4 Å². The minimum Gasteiger partial charge on any atom is -0.393 e. The standard InChI is InChI=1S/C34H43NO/c1-8-35-30-14-10-9-13-26(30)27-17-15-24(21-31(27)35)34(19-11-12-25(36)22-34)28-18-16-23(32(2,3)4)20-29(28)33(5,6)7/h9-10,13-18,20-21,25,36H,8,11-12,19,22H2,1-7H3. The van der Waals surface area contributed by atoms with Gasteiger partial charge in [0.05, 0.1) is 6.10 Å². The third-order valence-corrected chi connectivity index (χ3v) is 8.58. The molecule has 1 aromatic heterocycles. The second-order valence-corrected chi connectivity index (χ2v) is 13.1. The van der Waals surface area contributed by atoms with Crippen LogP contribution in [-0.2, 0) is 22.8 Å².